The molecule has 0 bridgehead atoms. The number of aromatic nitrogens is 2. The average Bonchev–Trinajstić information content (AvgIpc) is 3.09. The van der Waals surface area contributed by atoms with Crippen molar-refractivity contribution < 1.29 is 4.74 Å². The summed E-state index contributed by atoms with van der Waals surface area (Å²) in [6, 6.07) is 9.77. The summed E-state index contributed by atoms with van der Waals surface area (Å²) in [6.07, 6.45) is 5.49. The van der Waals surface area contributed by atoms with E-state index in [4.69, 9.17) is 11.2 Å². The van der Waals surface area contributed by atoms with Gasteiger partial charge in [-0.05, 0) is 29.6 Å². The molecule has 2 aromatic heterocycles. The second-order valence-electron chi connectivity index (χ2n) is 4.67. The molecule has 0 radical (unpaired) electrons. The third-order valence-electron chi connectivity index (χ3n) is 3.20. The van der Waals surface area contributed by atoms with E-state index in [2.05, 4.69) is 21.2 Å². The second-order valence-corrected chi connectivity index (χ2v) is 5.62. The van der Waals surface area contributed by atoms with E-state index in [9.17, 15) is 0 Å². The Kier molecular flexibility index (Phi) is 4.33. The Morgan fingerprint density at radius 2 is 2.23 bits per heavy atom. The molecule has 110 valence electrons. The van der Waals surface area contributed by atoms with E-state index in [1.807, 2.05) is 35.7 Å². The van der Waals surface area contributed by atoms with Gasteiger partial charge in [0.05, 0.1) is 17.0 Å². The van der Waals surface area contributed by atoms with Gasteiger partial charge in [-0.25, -0.2) is 9.97 Å². The van der Waals surface area contributed by atoms with E-state index in [0.29, 0.717) is 13.2 Å². The standard InChI is InChI=1S/C17H15N3OS/c1-3-12-6-7-14-13(11-12)16(18-8-9-21-2)20-17(19-14)15-5-4-10-22-15/h1,4-7,10-11H,8-9H2,2H3,(H,18,19,20). The molecular formula is C17H15N3OS. The predicted octanol–water partition coefficient (Wildman–Crippen LogP) is 3.40. The lowest BCUT2D eigenvalue weighted by molar-refractivity contribution is 0.210. The maximum absolute atomic E-state index is 5.49. The van der Waals surface area contributed by atoms with Crippen molar-refractivity contribution in [2.45, 2.75) is 0 Å². The van der Waals surface area contributed by atoms with Crippen LogP contribution in [0.4, 0.5) is 5.82 Å². The molecule has 2 heterocycles. The molecule has 0 saturated heterocycles. The number of hydrogen-bond acceptors (Lipinski definition) is 5. The average molecular weight is 309 g/mol. The molecule has 3 rings (SSSR count). The van der Waals surface area contributed by atoms with Crippen LogP contribution in [0, 0.1) is 12.3 Å². The van der Waals surface area contributed by atoms with Gasteiger partial charge < -0.3 is 10.1 Å². The van der Waals surface area contributed by atoms with Gasteiger partial charge in [-0.2, -0.15) is 0 Å². The number of nitrogens with one attached hydrogen (secondary N) is 1. The molecule has 1 aromatic carbocycles. The molecule has 0 spiro atoms. The molecular weight excluding hydrogens is 294 g/mol. The Balaban J connectivity index is 2.11. The van der Waals surface area contributed by atoms with Crippen LogP contribution in [-0.4, -0.2) is 30.2 Å². The minimum atomic E-state index is 0.606. The van der Waals surface area contributed by atoms with Gasteiger partial charge in [-0.1, -0.05) is 12.0 Å². The molecule has 0 aliphatic rings. The summed E-state index contributed by atoms with van der Waals surface area (Å²) in [5.41, 5.74) is 1.69. The molecule has 0 amide bonds. The molecule has 0 aliphatic carbocycles. The summed E-state index contributed by atoms with van der Waals surface area (Å²) in [5, 5.41) is 6.24. The van der Waals surface area contributed by atoms with Crippen LogP contribution in [0.1, 0.15) is 5.56 Å². The first kappa shape index (κ1) is 14.5. The first-order valence-electron chi connectivity index (χ1n) is 6.87. The largest absolute Gasteiger partial charge is 0.383 e. The highest BCUT2D eigenvalue weighted by Crippen LogP contribution is 2.28. The number of ether oxygens (including phenoxy) is 1. The van der Waals surface area contributed by atoms with Gasteiger partial charge in [0.2, 0.25) is 0 Å². The number of thiophene rings is 1. The zero-order chi connectivity index (χ0) is 15.4. The topological polar surface area (TPSA) is 47.0 Å². The molecule has 22 heavy (non-hydrogen) atoms. The minimum Gasteiger partial charge on any atom is -0.383 e. The number of nitrogens with zero attached hydrogens (tertiary/aromatic N) is 2. The Morgan fingerprint density at radius 1 is 1.32 bits per heavy atom. The summed E-state index contributed by atoms with van der Waals surface area (Å²) >= 11 is 1.62. The fourth-order valence-electron chi connectivity index (χ4n) is 2.14. The van der Waals surface area contributed by atoms with E-state index in [0.717, 1.165) is 33.0 Å². The van der Waals surface area contributed by atoms with Crippen LogP contribution < -0.4 is 5.32 Å². The van der Waals surface area contributed by atoms with Gasteiger partial charge in [-0.15, -0.1) is 17.8 Å². The lowest BCUT2D eigenvalue weighted by Gasteiger charge is -2.10. The van der Waals surface area contributed by atoms with Gasteiger partial charge in [-0.3, -0.25) is 0 Å². The van der Waals surface area contributed by atoms with Crippen molar-refractivity contribution in [1.29, 1.82) is 0 Å². The molecule has 5 heteroatoms. The SMILES string of the molecule is C#Cc1ccc2nc(-c3cccs3)nc(NCCOC)c2c1. The van der Waals surface area contributed by atoms with Crippen LogP contribution in [-0.2, 0) is 4.74 Å². The Hall–Kier alpha value is -2.42. The van der Waals surface area contributed by atoms with Gasteiger partial charge in [0, 0.05) is 24.6 Å². The van der Waals surface area contributed by atoms with Crippen molar-refractivity contribution >= 4 is 28.1 Å². The Bertz CT molecular complexity index is 822. The predicted molar refractivity (Wildman–Crippen MR) is 91.2 cm³/mol. The van der Waals surface area contributed by atoms with Crippen LogP contribution in [0.15, 0.2) is 35.7 Å². The van der Waals surface area contributed by atoms with Crippen molar-refractivity contribution in [3.05, 3.63) is 41.3 Å². The second kappa shape index (κ2) is 6.56. The molecule has 0 saturated carbocycles. The number of hydrogen-bond donors (Lipinski definition) is 1. The van der Waals surface area contributed by atoms with E-state index in [1.165, 1.54) is 0 Å². The summed E-state index contributed by atoms with van der Waals surface area (Å²) in [4.78, 5) is 10.3. The first-order valence-corrected chi connectivity index (χ1v) is 7.75. The molecule has 3 aromatic rings. The van der Waals surface area contributed by atoms with Gasteiger partial charge in [0.15, 0.2) is 5.82 Å². The minimum absolute atomic E-state index is 0.606. The Morgan fingerprint density at radius 3 is 2.95 bits per heavy atom. The lowest BCUT2D eigenvalue weighted by Crippen LogP contribution is -2.10. The number of methoxy groups -OCH3 is 1. The lowest BCUT2D eigenvalue weighted by atomic mass is 10.1. The quantitative estimate of drug-likeness (QED) is 0.579. The molecule has 4 nitrogen and oxygen atoms in total. The molecule has 0 atom stereocenters. The zero-order valence-electron chi connectivity index (χ0n) is 12.2. The molecule has 0 fully saturated rings. The zero-order valence-corrected chi connectivity index (χ0v) is 13.0. The first-order chi connectivity index (χ1) is 10.8. The van der Waals surface area contributed by atoms with Crippen molar-refractivity contribution in [2.75, 3.05) is 25.6 Å². The summed E-state index contributed by atoms with van der Waals surface area (Å²) in [5.74, 6) is 4.15. The van der Waals surface area contributed by atoms with Crippen molar-refractivity contribution in [2.24, 2.45) is 0 Å². The van der Waals surface area contributed by atoms with Crippen molar-refractivity contribution in [3.8, 4) is 23.0 Å². The van der Waals surface area contributed by atoms with Crippen LogP contribution in [0.3, 0.4) is 0 Å². The number of rotatable bonds is 5. The molecule has 0 unspecified atom stereocenters. The summed E-state index contributed by atoms with van der Waals surface area (Å²) in [7, 11) is 1.67. The third kappa shape index (κ3) is 2.93. The number of terminal acetylenes is 1. The normalized spacial score (nSPS) is 10.5. The summed E-state index contributed by atoms with van der Waals surface area (Å²) < 4.78 is 5.09. The van der Waals surface area contributed by atoms with E-state index in [1.54, 1.807) is 18.4 Å². The smallest absolute Gasteiger partial charge is 0.172 e. The maximum atomic E-state index is 5.49. The fourth-order valence-corrected chi connectivity index (χ4v) is 2.80. The van der Waals surface area contributed by atoms with E-state index < -0.39 is 0 Å². The maximum Gasteiger partial charge on any atom is 0.172 e. The number of anilines is 1. The molecule has 1 N–H and O–H groups in total. The van der Waals surface area contributed by atoms with E-state index >= 15 is 0 Å². The number of fused-ring (bicyclic) bond motifs is 1. The highest BCUT2D eigenvalue weighted by Gasteiger charge is 2.10. The van der Waals surface area contributed by atoms with Crippen LogP contribution in [0.5, 0.6) is 0 Å². The summed E-state index contributed by atoms with van der Waals surface area (Å²) in [6.45, 7) is 1.28. The van der Waals surface area contributed by atoms with Crippen LogP contribution in [0.25, 0.3) is 21.6 Å². The molecule has 0 aliphatic heterocycles. The van der Waals surface area contributed by atoms with Crippen molar-refractivity contribution in [1.82, 2.24) is 9.97 Å². The van der Waals surface area contributed by atoms with Crippen molar-refractivity contribution in [3.63, 3.8) is 0 Å². The monoisotopic (exact) mass is 309 g/mol. The van der Waals surface area contributed by atoms with E-state index in [-0.39, 0.29) is 0 Å². The van der Waals surface area contributed by atoms with Crippen LogP contribution in [0.2, 0.25) is 0 Å². The Labute approximate surface area is 133 Å². The fraction of sp³-hybridized carbons (Fsp3) is 0.176. The van der Waals surface area contributed by atoms with Gasteiger partial charge >= 0.3 is 0 Å². The third-order valence-corrected chi connectivity index (χ3v) is 4.07. The highest BCUT2D eigenvalue weighted by atomic mass is 32.1. The highest BCUT2D eigenvalue weighted by molar-refractivity contribution is 7.13. The van der Waals surface area contributed by atoms with Gasteiger partial charge in [0.25, 0.3) is 0 Å². The number of benzene rings is 1. The van der Waals surface area contributed by atoms with Gasteiger partial charge in [0.1, 0.15) is 5.82 Å². The van der Waals surface area contributed by atoms with Crippen LogP contribution >= 0.6 is 11.3 Å².